The Labute approximate surface area is 111 Å². The SMILES string of the molecule is O=C(CN(CCO)CCO)Nc1ccccc1Cl. The first-order chi connectivity index (χ1) is 8.67. The number of hydrogen-bond acceptors (Lipinski definition) is 4. The summed E-state index contributed by atoms with van der Waals surface area (Å²) in [6.45, 7) is 0.679. The van der Waals surface area contributed by atoms with E-state index in [4.69, 9.17) is 21.8 Å². The Morgan fingerprint density at radius 1 is 1.22 bits per heavy atom. The second kappa shape index (κ2) is 8.05. The number of nitrogens with one attached hydrogen (secondary N) is 1. The minimum atomic E-state index is -0.231. The minimum Gasteiger partial charge on any atom is -0.395 e. The maximum atomic E-state index is 11.8. The van der Waals surface area contributed by atoms with E-state index >= 15 is 0 Å². The first-order valence-electron chi connectivity index (χ1n) is 5.66. The van der Waals surface area contributed by atoms with Crippen LogP contribution >= 0.6 is 11.6 Å². The number of anilines is 1. The molecule has 0 spiro atoms. The van der Waals surface area contributed by atoms with Gasteiger partial charge in [0.15, 0.2) is 0 Å². The number of rotatable bonds is 7. The zero-order chi connectivity index (χ0) is 13.4. The number of hydrogen-bond donors (Lipinski definition) is 3. The van der Waals surface area contributed by atoms with Crippen molar-refractivity contribution < 1.29 is 15.0 Å². The molecule has 1 aromatic rings. The molecular formula is C12H17ClN2O3. The minimum absolute atomic E-state index is 0.0562. The number of aliphatic hydroxyl groups is 2. The van der Waals surface area contributed by atoms with Crippen molar-refractivity contribution in [1.82, 2.24) is 4.90 Å². The lowest BCUT2D eigenvalue weighted by Gasteiger charge is -2.19. The van der Waals surface area contributed by atoms with Crippen LogP contribution in [0.15, 0.2) is 24.3 Å². The summed E-state index contributed by atoms with van der Waals surface area (Å²) in [7, 11) is 0. The number of halogens is 1. The fourth-order valence-corrected chi connectivity index (χ4v) is 1.69. The molecule has 100 valence electrons. The van der Waals surface area contributed by atoms with Crippen LogP contribution < -0.4 is 5.32 Å². The molecule has 0 aliphatic rings. The third-order valence-corrected chi connectivity index (χ3v) is 2.68. The summed E-state index contributed by atoms with van der Waals surface area (Å²) in [5.41, 5.74) is 0.553. The summed E-state index contributed by atoms with van der Waals surface area (Å²) in [6, 6.07) is 6.96. The normalized spacial score (nSPS) is 10.7. The van der Waals surface area contributed by atoms with Crippen LogP contribution in [-0.4, -0.2) is 53.9 Å². The Morgan fingerprint density at radius 2 is 1.83 bits per heavy atom. The Hall–Kier alpha value is -1.14. The van der Waals surface area contributed by atoms with Crippen molar-refractivity contribution in [3.05, 3.63) is 29.3 Å². The van der Waals surface area contributed by atoms with Crippen molar-refractivity contribution in [2.75, 3.05) is 38.2 Å². The van der Waals surface area contributed by atoms with E-state index in [2.05, 4.69) is 5.32 Å². The van der Waals surface area contributed by atoms with Gasteiger partial charge in [-0.25, -0.2) is 0 Å². The third-order valence-electron chi connectivity index (χ3n) is 2.35. The highest BCUT2D eigenvalue weighted by Gasteiger charge is 2.11. The molecule has 1 amide bonds. The number of amides is 1. The Morgan fingerprint density at radius 3 is 2.39 bits per heavy atom. The molecule has 18 heavy (non-hydrogen) atoms. The molecule has 0 atom stereocenters. The second-order valence-electron chi connectivity index (χ2n) is 3.75. The van der Waals surface area contributed by atoms with Gasteiger partial charge in [0.25, 0.3) is 0 Å². The summed E-state index contributed by atoms with van der Waals surface area (Å²) >= 11 is 5.92. The van der Waals surface area contributed by atoms with Gasteiger partial charge in [0.2, 0.25) is 5.91 Å². The van der Waals surface area contributed by atoms with E-state index in [1.165, 1.54) is 0 Å². The highest BCUT2D eigenvalue weighted by Crippen LogP contribution is 2.20. The first-order valence-corrected chi connectivity index (χ1v) is 6.03. The van der Waals surface area contributed by atoms with Gasteiger partial charge < -0.3 is 15.5 Å². The van der Waals surface area contributed by atoms with Crippen molar-refractivity contribution in [2.24, 2.45) is 0 Å². The lowest BCUT2D eigenvalue weighted by Crippen LogP contribution is -2.37. The van der Waals surface area contributed by atoms with Gasteiger partial charge in [0, 0.05) is 13.1 Å². The van der Waals surface area contributed by atoms with Gasteiger partial charge in [-0.3, -0.25) is 9.69 Å². The molecule has 0 aromatic heterocycles. The smallest absolute Gasteiger partial charge is 0.238 e. The molecule has 6 heteroatoms. The molecule has 0 aliphatic carbocycles. The standard InChI is InChI=1S/C12H17ClN2O3/c13-10-3-1-2-4-11(10)14-12(18)9-15(5-7-16)6-8-17/h1-4,16-17H,5-9H2,(H,14,18). The average molecular weight is 273 g/mol. The molecule has 0 unspecified atom stereocenters. The molecule has 0 bridgehead atoms. The topological polar surface area (TPSA) is 72.8 Å². The van der Waals surface area contributed by atoms with Gasteiger partial charge in [-0.15, -0.1) is 0 Å². The van der Waals surface area contributed by atoms with Gasteiger partial charge in [0.1, 0.15) is 0 Å². The number of aliphatic hydroxyl groups excluding tert-OH is 2. The molecule has 1 rings (SSSR count). The highest BCUT2D eigenvalue weighted by molar-refractivity contribution is 6.33. The van der Waals surface area contributed by atoms with Gasteiger partial charge in [-0.05, 0) is 12.1 Å². The van der Waals surface area contributed by atoms with E-state index in [-0.39, 0.29) is 25.7 Å². The number of carbonyl (C=O) groups excluding carboxylic acids is 1. The maximum absolute atomic E-state index is 11.8. The van der Waals surface area contributed by atoms with E-state index in [9.17, 15) is 4.79 Å². The van der Waals surface area contributed by atoms with Gasteiger partial charge >= 0.3 is 0 Å². The van der Waals surface area contributed by atoms with Gasteiger partial charge in [-0.2, -0.15) is 0 Å². The molecule has 3 N–H and O–H groups in total. The predicted molar refractivity (Wildman–Crippen MR) is 70.7 cm³/mol. The van der Waals surface area contributed by atoms with Crippen molar-refractivity contribution in [3.8, 4) is 0 Å². The number of nitrogens with zero attached hydrogens (tertiary/aromatic N) is 1. The van der Waals surface area contributed by atoms with Crippen molar-refractivity contribution in [3.63, 3.8) is 0 Å². The lowest BCUT2D eigenvalue weighted by atomic mass is 10.3. The molecule has 5 nitrogen and oxygen atoms in total. The van der Waals surface area contributed by atoms with Crippen LogP contribution in [0.25, 0.3) is 0 Å². The number of benzene rings is 1. The predicted octanol–water partition coefficient (Wildman–Crippen LogP) is 0.565. The Bertz CT molecular complexity index is 381. The third kappa shape index (κ3) is 5.01. The number of carbonyl (C=O) groups is 1. The van der Waals surface area contributed by atoms with E-state index in [0.29, 0.717) is 23.8 Å². The fourth-order valence-electron chi connectivity index (χ4n) is 1.51. The average Bonchev–Trinajstić information content (AvgIpc) is 2.33. The molecular weight excluding hydrogens is 256 g/mol. The maximum Gasteiger partial charge on any atom is 0.238 e. The van der Waals surface area contributed by atoms with Crippen molar-refractivity contribution in [1.29, 1.82) is 0 Å². The molecule has 0 fully saturated rings. The van der Waals surface area contributed by atoms with Crippen LogP contribution in [0.2, 0.25) is 5.02 Å². The summed E-state index contributed by atoms with van der Waals surface area (Å²) in [5.74, 6) is -0.231. The lowest BCUT2D eigenvalue weighted by molar-refractivity contribution is -0.117. The van der Waals surface area contributed by atoms with Crippen LogP contribution in [0, 0.1) is 0 Å². The van der Waals surface area contributed by atoms with Gasteiger partial charge in [0.05, 0.1) is 30.5 Å². The number of para-hydroxylation sites is 1. The Kier molecular flexibility index (Phi) is 6.67. The van der Waals surface area contributed by atoms with Crippen molar-refractivity contribution in [2.45, 2.75) is 0 Å². The van der Waals surface area contributed by atoms with E-state index in [0.717, 1.165) is 0 Å². The molecule has 0 aliphatic heterocycles. The van der Waals surface area contributed by atoms with E-state index in [1.807, 2.05) is 0 Å². The Balaban J connectivity index is 2.52. The van der Waals surface area contributed by atoms with Crippen LogP contribution in [0.5, 0.6) is 0 Å². The summed E-state index contributed by atoms with van der Waals surface area (Å²) in [5, 5.41) is 20.8. The van der Waals surface area contributed by atoms with E-state index < -0.39 is 0 Å². The molecule has 1 aromatic carbocycles. The van der Waals surface area contributed by atoms with Crippen molar-refractivity contribution >= 4 is 23.2 Å². The summed E-state index contributed by atoms with van der Waals surface area (Å²) in [4.78, 5) is 13.4. The zero-order valence-electron chi connectivity index (χ0n) is 9.97. The summed E-state index contributed by atoms with van der Waals surface area (Å²) < 4.78 is 0. The molecule has 0 heterocycles. The van der Waals surface area contributed by atoms with Crippen LogP contribution in [0.3, 0.4) is 0 Å². The summed E-state index contributed by atoms with van der Waals surface area (Å²) in [6.07, 6.45) is 0. The van der Waals surface area contributed by atoms with Crippen LogP contribution in [0.4, 0.5) is 5.69 Å². The highest BCUT2D eigenvalue weighted by atomic mass is 35.5. The molecule has 0 radical (unpaired) electrons. The zero-order valence-corrected chi connectivity index (χ0v) is 10.7. The monoisotopic (exact) mass is 272 g/mol. The first kappa shape index (κ1) is 14.9. The van der Waals surface area contributed by atoms with Crippen LogP contribution in [-0.2, 0) is 4.79 Å². The molecule has 0 saturated carbocycles. The molecule has 0 saturated heterocycles. The van der Waals surface area contributed by atoms with Gasteiger partial charge in [-0.1, -0.05) is 23.7 Å². The van der Waals surface area contributed by atoms with E-state index in [1.54, 1.807) is 29.2 Å². The quantitative estimate of drug-likeness (QED) is 0.678. The van der Waals surface area contributed by atoms with Crippen LogP contribution in [0.1, 0.15) is 0 Å². The second-order valence-corrected chi connectivity index (χ2v) is 4.16. The largest absolute Gasteiger partial charge is 0.395 e. The fraction of sp³-hybridized carbons (Fsp3) is 0.417.